The second kappa shape index (κ2) is 14.2. The molecule has 2 saturated heterocycles. The molecule has 2 aliphatic rings. The van der Waals surface area contributed by atoms with Gasteiger partial charge < -0.3 is 24.8 Å². The lowest BCUT2D eigenvalue weighted by Gasteiger charge is -2.38. The van der Waals surface area contributed by atoms with Crippen molar-refractivity contribution >= 4 is 29.9 Å². The first kappa shape index (κ1) is 25.4. The maximum atomic E-state index is 5.85. The molecule has 0 aromatic heterocycles. The molecule has 0 amide bonds. The maximum absolute atomic E-state index is 5.85. The topological polar surface area (TPSA) is 64.1 Å². The Morgan fingerprint density at radius 1 is 1.07 bits per heavy atom. The van der Waals surface area contributed by atoms with Gasteiger partial charge in [0.1, 0.15) is 0 Å². The third-order valence-corrected chi connectivity index (χ3v) is 6.11. The van der Waals surface area contributed by atoms with E-state index in [4.69, 9.17) is 14.2 Å². The smallest absolute Gasteiger partial charge is 0.191 e. The molecule has 0 spiro atoms. The van der Waals surface area contributed by atoms with Crippen molar-refractivity contribution in [2.24, 2.45) is 10.9 Å². The van der Waals surface area contributed by atoms with E-state index in [2.05, 4.69) is 46.0 Å². The van der Waals surface area contributed by atoms with Crippen molar-refractivity contribution in [1.29, 1.82) is 0 Å². The van der Waals surface area contributed by atoms with Crippen molar-refractivity contribution in [3.8, 4) is 0 Å². The molecular formula is C23H38IN3O3. The molecular weight excluding hydrogens is 493 g/mol. The molecule has 0 saturated carbocycles. The first-order chi connectivity index (χ1) is 14.3. The summed E-state index contributed by atoms with van der Waals surface area (Å²) in [4.78, 5) is 4.40. The fourth-order valence-corrected chi connectivity index (χ4v) is 4.14. The standard InChI is InChI=1S/C23H37N3O3.HI/c1-24-22(25-12-5-13-29-18-20-8-14-27-15-9-20)26-19-23(10-16-28-17-11-23)21-6-3-2-4-7-21;/h2-4,6-7,20H,5,8-19H2,1H3,(H2,24,25,26);1H. The van der Waals surface area contributed by atoms with Crippen LogP contribution in [0.4, 0.5) is 0 Å². The number of nitrogens with zero attached hydrogens (tertiary/aromatic N) is 1. The lowest BCUT2D eigenvalue weighted by atomic mass is 9.74. The van der Waals surface area contributed by atoms with E-state index in [1.165, 1.54) is 5.56 Å². The van der Waals surface area contributed by atoms with Gasteiger partial charge in [-0.2, -0.15) is 0 Å². The number of hydrogen-bond acceptors (Lipinski definition) is 4. The summed E-state index contributed by atoms with van der Waals surface area (Å²) in [7, 11) is 1.83. The minimum atomic E-state index is 0. The van der Waals surface area contributed by atoms with Gasteiger partial charge in [-0.3, -0.25) is 4.99 Å². The number of nitrogens with one attached hydrogen (secondary N) is 2. The highest BCUT2D eigenvalue weighted by molar-refractivity contribution is 14.0. The Labute approximate surface area is 198 Å². The highest BCUT2D eigenvalue weighted by Crippen LogP contribution is 2.34. The van der Waals surface area contributed by atoms with E-state index in [-0.39, 0.29) is 29.4 Å². The third-order valence-electron chi connectivity index (χ3n) is 6.11. The van der Waals surface area contributed by atoms with Crippen LogP contribution in [-0.4, -0.2) is 65.7 Å². The molecule has 7 heteroatoms. The zero-order chi connectivity index (χ0) is 20.2. The minimum absolute atomic E-state index is 0. The summed E-state index contributed by atoms with van der Waals surface area (Å²) in [6.07, 6.45) is 5.29. The Hall–Kier alpha value is -0.900. The highest BCUT2D eigenvalue weighted by Gasteiger charge is 2.34. The van der Waals surface area contributed by atoms with Gasteiger partial charge >= 0.3 is 0 Å². The molecule has 0 atom stereocenters. The van der Waals surface area contributed by atoms with Gasteiger partial charge in [-0.25, -0.2) is 0 Å². The van der Waals surface area contributed by atoms with E-state index in [0.29, 0.717) is 5.92 Å². The summed E-state index contributed by atoms with van der Waals surface area (Å²) < 4.78 is 16.9. The van der Waals surface area contributed by atoms with Crippen LogP contribution in [-0.2, 0) is 19.6 Å². The Morgan fingerprint density at radius 2 is 1.77 bits per heavy atom. The van der Waals surface area contributed by atoms with Crippen molar-refractivity contribution in [2.45, 2.75) is 37.5 Å². The van der Waals surface area contributed by atoms with Crippen LogP contribution in [0.15, 0.2) is 35.3 Å². The third kappa shape index (κ3) is 7.98. The number of guanidine groups is 1. The number of rotatable bonds is 9. The summed E-state index contributed by atoms with van der Waals surface area (Å²) >= 11 is 0. The summed E-state index contributed by atoms with van der Waals surface area (Å²) in [6, 6.07) is 10.8. The number of halogens is 1. The van der Waals surface area contributed by atoms with Gasteiger partial charge in [0.25, 0.3) is 0 Å². The molecule has 6 nitrogen and oxygen atoms in total. The van der Waals surface area contributed by atoms with Gasteiger partial charge in [0, 0.05) is 65.2 Å². The van der Waals surface area contributed by atoms with Crippen molar-refractivity contribution in [2.75, 3.05) is 59.8 Å². The Balaban J connectivity index is 0.00000320. The van der Waals surface area contributed by atoms with Crippen molar-refractivity contribution < 1.29 is 14.2 Å². The average molecular weight is 531 g/mol. The molecule has 170 valence electrons. The number of ether oxygens (including phenoxy) is 3. The van der Waals surface area contributed by atoms with E-state index in [1.54, 1.807) is 0 Å². The van der Waals surface area contributed by atoms with Gasteiger partial charge in [0.15, 0.2) is 5.96 Å². The van der Waals surface area contributed by atoms with Gasteiger partial charge in [-0.15, -0.1) is 24.0 Å². The Kier molecular flexibility index (Phi) is 12.0. The zero-order valence-corrected chi connectivity index (χ0v) is 20.6. The van der Waals surface area contributed by atoms with Crippen LogP contribution >= 0.6 is 24.0 Å². The quantitative estimate of drug-likeness (QED) is 0.222. The number of benzene rings is 1. The van der Waals surface area contributed by atoms with Gasteiger partial charge in [-0.05, 0) is 43.6 Å². The van der Waals surface area contributed by atoms with Crippen LogP contribution in [0.2, 0.25) is 0 Å². The maximum Gasteiger partial charge on any atom is 0.191 e. The van der Waals surface area contributed by atoms with Gasteiger partial charge in [-0.1, -0.05) is 30.3 Å². The average Bonchev–Trinajstić information content (AvgIpc) is 2.80. The first-order valence-corrected chi connectivity index (χ1v) is 11.1. The lowest BCUT2D eigenvalue weighted by Crippen LogP contribution is -2.48. The minimum Gasteiger partial charge on any atom is -0.381 e. The molecule has 0 bridgehead atoms. The summed E-state index contributed by atoms with van der Waals surface area (Å²) in [5.41, 5.74) is 1.48. The van der Waals surface area contributed by atoms with Crippen LogP contribution < -0.4 is 10.6 Å². The van der Waals surface area contributed by atoms with Crippen molar-refractivity contribution in [3.63, 3.8) is 0 Å². The largest absolute Gasteiger partial charge is 0.381 e. The molecule has 0 aliphatic carbocycles. The Bertz CT molecular complexity index is 603. The predicted octanol–water partition coefficient (Wildman–Crippen LogP) is 3.35. The summed E-state index contributed by atoms with van der Waals surface area (Å²) in [5, 5.41) is 6.97. The van der Waals surface area contributed by atoms with Gasteiger partial charge in [0.2, 0.25) is 0 Å². The van der Waals surface area contributed by atoms with Crippen LogP contribution in [0.1, 0.15) is 37.7 Å². The number of aliphatic imine (C=N–C) groups is 1. The molecule has 0 radical (unpaired) electrons. The van der Waals surface area contributed by atoms with E-state index >= 15 is 0 Å². The molecule has 1 aromatic carbocycles. The summed E-state index contributed by atoms with van der Waals surface area (Å²) in [6.45, 7) is 6.75. The lowest BCUT2D eigenvalue weighted by molar-refractivity contribution is 0.0203. The van der Waals surface area contributed by atoms with Crippen LogP contribution in [0.25, 0.3) is 0 Å². The molecule has 2 fully saturated rings. The SMILES string of the molecule is CN=C(NCCCOCC1CCOCC1)NCC1(c2ccccc2)CCOCC1.I. The molecule has 3 rings (SSSR count). The van der Waals surface area contributed by atoms with Crippen molar-refractivity contribution in [3.05, 3.63) is 35.9 Å². The molecule has 30 heavy (non-hydrogen) atoms. The molecule has 2 heterocycles. The normalized spacial score (nSPS) is 19.7. The van der Waals surface area contributed by atoms with Crippen LogP contribution in [0, 0.1) is 5.92 Å². The van der Waals surface area contributed by atoms with Gasteiger partial charge in [0.05, 0.1) is 0 Å². The predicted molar refractivity (Wildman–Crippen MR) is 132 cm³/mol. The fraction of sp³-hybridized carbons (Fsp3) is 0.696. The molecule has 2 aliphatic heterocycles. The zero-order valence-electron chi connectivity index (χ0n) is 18.2. The molecule has 1 aromatic rings. The van der Waals surface area contributed by atoms with E-state index in [0.717, 1.165) is 90.8 Å². The highest BCUT2D eigenvalue weighted by atomic mass is 127. The number of hydrogen-bond donors (Lipinski definition) is 2. The first-order valence-electron chi connectivity index (χ1n) is 11.1. The molecule has 0 unspecified atom stereocenters. The second-order valence-corrected chi connectivity index (χ2v) is 8.10. The Morgan fingerprint density at radius 3 is 2.47 bits per heavy atom. The monoisotopic (exact) mass is 531 g/mol. The fourth-order valence-electron chi connectivity index (χ4n) is 4.14. The van der Waals surface area contributed by atoms with Crippen molar-refractivity contribution in [1.82, 2.24) is 10.6 Å². The van der Waals surface area contributed by atoms with Crippen LogP contribution in [0.5, 0.6) is 0 Å². The molecule has 2 N–H and O–H groups in total. The summed E-state index contributed by atoms with van der Waals surface area (Å²) in [5.74, 6) is 1.52. The van der Waals surface area contributed by atoms with E-state index in [9.17, 15) is 0 Å². The van der Waals surface area contributed by atoms with Crippen LogP contribution in [0.3, 0.4) is 0 Å². The van der Waals surface area contributed by atoms with E-state index in [1.807, 2.05) is 7.05 Å². The second-order valence-electron chi connectivity index (χ2n) is 8.10. The van der Waals surface area contributed by atoms with E-state index < -0.39 is 0 Å².